The van der Waals surface area contributed by atoms with E-state index in [4.69, 9.17) is 4.74 Å². The van der Waals surface area contributed by atoms with Gasteiger partial charge in [0.15, 0.2) is 0 Å². The molecule has 1 aliphatic rings. The number of hydrogen-bond acceptors (Lipinski definition) is 2. The fourth-order valence-corrected chi connectivity index (χ4v) is 2.86. The summed E-state index contributed by atoms with van der Waals surface area (Å²) in [6.45, 7) is 9.58. The third-order valence-electron chi connectivity index (χ3n) is 4.13. The zero-order valence-corrected chi connectivity index (χ0v) is 12.5. The van der Waals surface area contributed by atoms with Gasteiger partial charge in [0, 0.05) is 18.6 Å². The van der Waals surface area contributed by atoms with Gasteiger partial charge in [-0.1, -0.05) is 30.7 Å². The van der Waals surface area contributed by atoms with Crippen LogP contribution in [0.15, 0.2) is 18.2 Å². The fourth-order valence-electron chi connectivity index (χ4n) is 2.86. The van der Waals surface area contributed by atoms with Crippen molar-refractivity contribution >= 4 is 0 Å². The third-order valence-corrected chi connectivity index (χ3v) is 4.13. The number of aryl methyl sites for hydroxylation is 2. The molecule has 0 bridgehead atoms. The zero-order valence-electron chi connectivity index (χ0n) is 12.5. The summed E-state index contributed by atoms with van der Waals surface area (Å²) >= 11 is 0. The first kappa shape index (κ1) is 14.5. The molecular weight excluding hydrogens is 234 g/mol. The summed E-state index contributed by atoms with van der Waals surface area (Å²) in [6, 6.07) is 7.34. The lowest BCUT2D eigenvalue weighted by molar-refractivity contribution is 0.176. The van der Waals surface area contributed by atoms with E-state index in [2.05, 4.69) is 44.3 Å². The fraction of sp³-hybridized carbons (Fsp3) is 0.647. The third kappa shape index (κ3) is 4.05. The Kier molecular flexibility index (Phi) is 5.41. The molecule has 2 nitrogen and oxygen atoms in total. The van der Waals surface area contributed by atoms with Crippen LogP contribution in [-0.4, -0.2) is 25.8 Å². The molecule has 1 aromatic carbocycles. The van der Waals surface area contributed by atoms with Crippen LogP contribution in [-0.2, 0) is 11.2 Å². The van der Waals surface area contributed by atoms with Gasteiger partial charge in [-0.3, -0.25) is 0 Å². The standard InChI is InChI=1S/C17H27NO/c1-4-8-18-17(15-7-9-19-12-15)11-16-10-13(2)5-6-14(16)3/h5-6,10,15,17-18H,4,7-9,11-12H2,1-3H3. The first-order valence-electron chi connectivity index (χ1n) is 7.58. The summed E-state index contributed by atoms with van der Waals surface area (Å²) in [6.07, 6.45) is 3.52. The first-order valence-corrected chi connectivity index (χ1v) is 7.58. The lowest BCUT2D eigenvalue weighted by Gasteiger charge is -2.25. The molecule has 0 radical (unpaired) electrons. The smallest absolute Gasteiger partial charge is 0.0510 e. The van der Waals surface area contributed by atoms with Crippen molar-refractivity contribution in [2.24, 2.45) is 5.92 Å². The van der Waals surface area contributed by atoms with Crippen LogP contribution >= 0.6 is 0 Å². The van der Waals surface area contributed by atoms with Crippen LogP contribution in [0.2, 0.25) is 0 Å². The van der Waals surface area contributed by atoms with E-state index in [1.807, 2.05) is 0 Å². The first-order chi connectivity index (χ1) is 9.20. The second-order valence-electron chi connectivity index (χ2n) is 5.82. The molecule has 0 aliphatic carbocycles. The molecule has 0 spiro atoms. The van der Waals surface area contributed by atoms with Crippen LogP contribution < -0.4 is 5.32 Å². The SMILES string of the molecule is CCCNC(Cc1cc(C)ccc1C)C1CCOC1. The van der Waals surface area contributed by atoms with Crippen molar-refractivity contribution in [3.05, 3.63) is 34.9 Å². The maximum atomic E-state index is 5.57. The topological polar surface area (TPSA) is 21.3 Å². The predicted molar refractivity (Wildman–Crippen MR) is 80.6 cm³/mol. The summed E-state index contributed by atoms with van der Waals surface area (Å²) in [5.41, 5.74) is 4.26. The number of hydrogen-bond donors (Lipinski definition) is 1. The minimum atomic E-state index is 0.558. The van der Waals surface area contributed by atoms with Crippen LogP contribution in [0.5, 0.6) is 0 Å². The van der Waals surface area contributed by atoms with Crippen LogP contribution in [0.4, 0.5) is 0 Å². The van der Waals surface area contributed by atoms with E-state index in [1.54, 1.807) is 0 Å². The van der Waals surface area contributed by atoms with E-state index in [0.717, 1.165) is 26.2 Å². The number of ether oxygens (including phenoxy) is 1. The zero-order chi connectivity index (χ0) is 13.7. The van der Waals surface area contributed by atoms with E-state index < -0.39 is 0 Å². The second kappa shape index (κ2) is 7.06. The molecule has 1 aliphatic heterocycles. The van der Waals surface area contributed by atoms with Crippen molar-refractivity contribution in [2.45, 2.75) is 46.1 Å². The predicted octanol–water partition coefficient (Wildman–Crippen LogP) is 3.25. The number of benzene rings is 1. The highest BCUT2D eigenvalue weighted by atomic mass is 16.5. The van der Waals surface area contributed by atoms with Gasteiger partial charge in [0.25, 0.3) is 0 Å². The maximum absolute atomic E-state index is 5.57. The van der Waals surface area contributed by atoms with Crippen LogP contribution in [0.25, 0.3) is 0 Å². The minimum absolute atomic E-state index is 0.558. The summed E-state index contributed by atoms with van der Waals surface area (Å²) in [4.78, 5) is 0. The molecule has 2 heteroatoms. The van der Waals surface area contributed by atoms with Gasteiger partial charge >= 0.3 is 0 Å². The molecule has 106 valence electrons. The monoisotopic (exact) mass is 261 g/mol. The molecule has 1 heterocycles. The Bertz CT molecular complexity index is 396. The lowest BCUT2D eigenvalue weighted by Crippen LogP contribution is -2.39. The van der Waals surface area contributed by atoms with Gasteiger partial charge in [-0.25, -0.2) is 0 Å². The van der Waals surface area contributed by atoms with Gasteiger partial charge in [-0.2, -0.15) is 0 Å². The van der Waals surface area contributed by atoms with Crippen LogP contribution in [0.3, 0.4) is 0 Å². The second-order valence-corrected chi connectivity index (χ2v) is 5.82. The summed E-state index contributed by atoms with van der Waals surface area (Å²) in [5.74, 6) is 0.673. The van der Waals surface area contributed by atoms with Gasteiger partial charge < -0.3 is 10.1 Å². The minimum Gasteiger partial charge on any atom is -0.381 e. The highest BCUT2D eigenvalue weighted by Gasteiger charge is 2.25. The summed E-state index contributed by atoms with van der Waals surface area (Å²) in [7, 11) is 0. The highest BCUT2D eigenvalue weighted by molar-refractivity contribution is 5.31. The highest BCUT2D eigenvalue weighted by Crippen LogP contribution is 2.22. The molecule has 0 saturated carbocycles. The van der Waals surface area contributed by atoms with Crippen molar-refractivity contribution in [1.82, 2.24) is 5.32 Å². The van der Waals surface area contributed by atoms with E-state index >= 15 is 0 Å². The normalized spacial score (nSPS) is 20.7. The molecule has 1 saturated heterocycles. The molecule has 2 unspecified atom stereocenters. The summed E-state index contributed by atoms with van der Waals surface area (Å²) < 4.78 is 5.57. The van der Waals surface area contributed by atoms with Crippen molar-refractivity contribution in [2.75, 3.05) is 19.8 Å². The Labute approximate surface area is 117 Å². The average molecular weight is 261 g/mol. The Morgan fingerprint density at radius 3 is 2.89 bits per heavy atom. The van der Waals surface area contributed by atoms with Gasteiger partial charge in [0.05, 0.1) is 6.61 Å². The molecular formula is C17H27NO. The van der Waals surface area contributed by atoms with Gasteiger partial charge in [-0.15, -0.1) is 0 Å². The van der Waals surface area contributed by atoms with Crippen LogP contribution in [0, 0.1) is 19.8 Å². The van der Waals surface area contributed by atoms with E-state index in [9.17, 15) is 0 Å². The molecule has 0 aromatic heterocycles. The molecule has 1 aromatic rings. The lowest BCUT2D eigenvalue weighted by atomic mass is 9.90. The summed E-state index contributed by atoms with van der Waals surface area (Å²) in [5, 5.41) is 3.73. The Morgan fingerprint density at radius 1 is 1.37 bits per heavy atom. The number of nitrogens with one attached hydrogen (secondary N) is 1. The Morgan fingerprint density at radius 2 is 2.21 bits per heavy atom. The largest absolute Gasteiger partial charge is 0.381 e. The molecule has 2 atom stereocenters. The van der Waals surface area contributed by atoms with E-state index in [0.29, 0.717) is 12.0 Å². The Hall–Kier alpha value is -0.860. The quantitative estimate of drug-likeness (QED) is 0.848. The number of rotatable bonds is 6. The van der Waals surface area contributed by atoms with Crippen molar-refractivity contribution < 1.29 is 4.74 Å². The molecule has 1 N–H and O–H groups in total. The van der Waals surface area contributed by atoms with Gasteiger partial charge in [0.2, 0.25) is 0 Å². The molecule has 0 amide bonds. The Balaban J connectivity index is 2.07. The van der Waals surface area contributed by atoms with E-state index in [1.165, 1.54) is 29.5 Å². The van der Waals surface area contributed by atoms with Crippen LogP contribution in [0.1, 0.15) is 36.5 Å². The van der Waals surface area contributed by atoms with Crippen molar-refractivity contribution in [1.29, 1.82) is 0 Å². The average Bonchev–Trinajstić information content (AvgIpc) is 2.92. The molecule has 2 rings (SSSR count). The van der Waals surface area contributed by atoms with Gasteiger partial charge in [-0.05, 0) is 50.8 Å². The van der Waals surface area contributed by atoms with Crippen molar-refractivity contribution in [3.63, 3.8) is 0 Å². The van der Waals surface area contributed by atoms with E-state index in [-0.39, 0.29) is 0 Å². The molecule has 1 fully saturated rings. The molecule has 19 heavy (non-hydrogen) atoms. The maximum Gasteiger partial charge on any atom is 0.0510 e. The van der Waals surface area contributed by atoms with Crippen molar-refractivity contribution in [3.8, 4) is 0 Å². The van der Waals surface area contributed by atoms with Gasteiger partial charge in [0.1, 0.15) is 0 Å².